The van der Waals surface area contributed by atoms with E-state index >= 15 is 0 Å². The van der Waals surface area contributed by atoms with Gasteiger partial charge in [0.05, 0.1) is 0 Å². The Morgan fingerprint density at radius 2 is 2.20 bits per heavy atom. The van der Waals surface area contributed by atoms with Crippen LogP contribution in [0.4, 0.5) is 0 Å². The van der Waals surface area contributed by atoms with E-state index in [2.05, 4.69) is 4.90 Å². The molecule has 0 radical (unpaired) electrons. The van der Waals surface area contributed by atoms with Gasteiger partial charge in [-0.2, -0.15) is 0 Å². The number of rotatable bonds is 1. The molecule has 3 rings (SSSR count). The van der Waals surface area contributed by atoms with Crippen LogP contribution in [0.25, 0.3) is 0 Å². The normalized spacial score (nSPS) is 28.8. The number of carbonyl (C=O) groups is 1. The van der Waals surface area contributed by atoms with Gasteiger partial charge in [-0.25, -0.2) is 4.79 Å². The van der Waals surface area contributed by atoms with E-state index in [1.54, 1.807) is 0 Å². The van der Waals surface area contributed by atoms with E-state index in [0.717, 1.165) is 31.5 Å². The van der Waals surface area contributed by atoms with Gasteiger partial charge < -0.3 is 5.11 Å². The maximum Gasteiger partial charge on any atom is 0.328 e. The minimum atomic E-state index is -0.712. The molecule has 1 unspecified atom stereocenters. The Morgan fingerprint density at radius 1 is 1.40 bits per heavy atom. The van der Waals surface area contributed by atoms with Crippen molar-refractivity contribution >= 4 is 5.97 Å². The van der Waals surface area contributed by atoms with E-state index in [-0.39, 0.29) is 0 Å². The van der Waals surface area contributed by atoms with E-state index in [0.29, 0.717) is 0 Å². The molecule has 3 nitrogen and oxygen atoms in total. The van der Waals surface area contributed by atoms with Gasteiger partial charge in [-0.1, -0.05) is 24.3 Å². The van der Waals surface area contributed by atoms with Crippen LogP contribution in [0.3, 0.4) is 0 Å². The van der Waals surface area contributed by atoms with Crippen molar-refractivity contribution in [2.45, 2.75) is 24.9 Å². The number of benzene rings is 1. The lowest BCUT2D eigenvalue weighted by atomic mass is 9.88. The number of hydrogen-bond donors (Lipinski definition) is 1. The topological polar surface area (TPSA) is 40.5 Å². The summed E-state index contributed by atoms with van der Waals surface area (Å²) in [6.07, 6.45) is 1.74. The molecular weight excluding hydrogens is 190 g/mol. The Bertz CT molecular complexity index is 429. The van der Waals surface area contributed by atoms with Crippen LogP contribution in [-0.2, 0) is 16.9 Å². The number of hydrogen-bond acceptors (Lipinski definition) is 2. The molecule has 1 fully saturated rings. The molecule has 0 aromatic heterocycles. The monoisotopic (exact) mass is 203 g/mol. The first-order chi connectivity index (χ1) is 7.25. The van der Waals surface area contributed by atoms with Crippen LogP contribution in [-0.4, -0.2) is 22.5 Å². The second-order valence-corrected chi connectivity index (χ2v) is 4.35. The number of fused-ring (bicyclic) bond motifs is 3. The van der Waals surface area contributed by atoms with Crippen LogP contribution in [0.2, 0.25) is 0 Å². The van der Waals surface area contributed by atoms with Gasteiger partial charge in [-0.15, -0.1) is 0 Å². The fraction of sp³-hybridized carbons (Fsp3) is 0.417. The average Bonchev–Trinajstić information content (AvgIpc) is 2.73. The molecule has 15 heavy (non-hydrogen) atoms. The van der Waals surface area contributed by atoms with Gasteiger partial charge in [0.25, 0.3) is 0 Å². The molecular formula is C12H13NO2. The van der Waals surface area contributed by atoms with Crippen LogP contribution in [0.5, 0.6) is 0 Å². The summed E-state index contributed by atoms with van der Waals surface area (Å²) in [4.78, 5) is 13.6. The Kier molecular flexibility index (Phi) is 1.68. The quantitative estimate of drug-likeness (QED) is 0.753. The summed E-state index contributed by atoms with van der Waals surface area (Å²) in [6, 6.07) is 7.93. The van der Waals surface area contributed by atoms with Crippen LogP contribution in [0, 0.1) is 0 Å². The number of carboxylic acid groups (broad SMARTS) is 1. The molecule has 78 valence electrons. The van der Waals surface area contributed by atoms with Crippen LogP contribution in [0.15, 0.2) is 24.3 Å². The fourth-order valence-electron chi connectivity index (χ4n) is 3.02. The van der Waals surface area contributed by atoms with Crippen LogP contribution in [0.1, 0.15) is 24.0 Å². The van der Waals surface area contributed by atoms with Gasteiger partial charge in [0.15, 0.2) is 0 Å². The van der Waals surface area contributed by atoms with Gasteiger partial charge in [-0.3, -0.25) is 4.90 Å². The average molecular weight is 203 g/mol. The summed E-state index contributed by atoms with van der Waals surface area (Å²) in [5.74, 6) is -0.690. The molecule has 3 heteroatoms. The van der Waals surface area contributed by atoms with Crippen LogP contribution < -0.4 is 0 Å². The molecule has 2 aliphatic heterocycles. The SMILES string of the molecule is O=C(O)C12CCCN1Cc1ccccc12. The van der Waals surface area contributed by atoms with Crippen molar-refractivity contribution in [1.29, 1.82) is 0 Å². The Morgan fingerprint density at radius 3 is 3.00 bits per heavy atom. The number of aliphatic carboxylic acids is 1. The number of nitrogens with zero attached hydrogens (tertiary/aromatic N) is 1. The number of carboxylic acids is 1. The molecule has 1 aromatic rings. The maximum atomic E-state index is 11.5. The van der Waals surface area contributed by atoms with E-state index < -0.39 is 11.5 Å². The zero-order chi connectivity index (χ0) is 10.5. The summed E-state index contributed by atoms with van der Waals surface area (Å²) in [5, 5.41) is 9.48. The van der Waals surface area contributed by atoms with Gasteiger partial charge >= 0.3 is 5.97 Å². The second kappa shape index (κ2) is 2.83. The first kappa shape index (κ1) is 8.92. The third-order valence-electron chi connectivity index (χ3n) is 3.68. The van der Waals surface area contributed by atoms with Crippen molar-refractivity contribution in [3.63, 3.8) is 0 Å². The lowest BCUT2D eigenvalue weighted by Crippen LogP contribution is -2.42. The fourth-order valence-corrected chi connectivity index (χ4v) is 3.02. The van der Waals surface area contributed by atoms with Crippen molar-refractivity contribution in [3.8, 4) is 0 Å². The summed E-state index contributed by atoms with van der Waals surface area (Å²) in [5.41, 5.74) is 1.48. The smallest absolute Gasteiger partial charge is 0.328 e. The Hall–Kier alpha value is -1.35. The zero-order valence-electron chi connectivity index (χ0n) is 8.44. The predicted octanol–water partition coefficient (Wildman–Crippen LogP) is 1.58. The lowest BCUT2D eigenvalue weighted by Gasteiger charge is -2.27. The molecule has 0 aliphatic carbocycles. The Labute approximate surface area is 88.3 Å². The molecule has 1 aromatic carbocycles. The van der Waals surface area contributed by atoms with Crippen LogP contribution >= 0.6 is 0 Å². The third-order valence-corrected chi connectivity index (χ3v) is 3.68. The predicted molar refractivity (Wildman–Crippen MR) is 55.4 cm³/mol. The highest BCUT2D eigenvalue weighted by atomic mass is 16.4. The van der Waals surface area contributed by atoms with Gasteiger partial charge in [-0.05, 0) is 24.0 Å². The van der Waals surface area contributed by atoms with Gasteiger partial charge in [0.1, 0.15) is 5.54 Å². The highest BCUT2D eigenvalue weighted by Crippen LogP contribution is 2.46. The standard InChI is InChI=1S/C12H13NO2/c14-11(15)12-6-3-7-13(12)8-9-4-1-2-5-10(9)12/h1-2,4-5H,3,6-8H2,(H,14,15). The third kappa shape index (κ3) is 0.960. The van der Waals surface area contributed by atoms with E-state index in [4.69, 9.17) is 0 Å². The van der Waals surface area contributed by atoms with Crippen molar-refractivity contribution in [1.82, 2.24) is 4.90 Å². The van der Waals surface area contributed by atoms with Gasteiger partial charge in [0.2, 0.25) is 0 Å². The highest BCUT2D eigenvalue weighted by Gasteiger charge is 2.53. The summed E-state index contributed by atoms with van der Waals surface area (Å²) >= 11 is 0. The molecule has 1 saturated heterocycles. The molecule has 2 heterocycles. The summed E-state index contributed by atoms with van der Waals surface area (Å²) < 4.78 is 0. The molecule has 0 amide bonds. The van der Waals surface area contributed by atoms with Crippen molar-refractivity contribution in [3.05, 3.63) is 35.4 Å². The van der Waals surface area contributed by atoms with Crippen molar-refractivity contribution < 1.29 is 9.90 Å². The molecule has 1 atom stereocenters. The van der Waals surface area contributed by atoms with E-state index in [9.17, 15) is 9.90 Å². The molecule has 0 spiro atoms. The second-order valence-electron chi connectivity index (χ2n) is 4.35. The highest BCUT2D eigenvalue weighted by molar-refractivity contribution is 5.83. The summed E-state index contributed by atoms with van der Waals surface area (Å²) in [7, 11) is 0. The zero-order valence-corrected chi connectivity index (χ0v) is 8.44. The molecule has 0 bridgehead atoms. The van der Waals surface area contributed by atoms with E-state index in [1.807, 2.05) is 24.3 Å². The lowest BCUT2D eigenvalue weighted by molar-refractivity contribution is -0.149. The maximum absolute atomic E-state index is 11.5. The molecule has 1 N–H and O–H groups in total. The van der Waals surface area contributed by atoms with E-state index in [1.165, 1.54) is 5.56 Å². The minimum absolute atomic E-state index is 0.690. The van der Waals surface area contributed by atoms with Crippen molar-refractivity contribution in [2.24, 2.45) is 0 Å². The summed E-state index contributed by atoms with van der Waals surface area (Å²) in [6.45, 7) is 1.70. The van der Waals surface area contributed by atoms with Crippen molar-refractivity contribution in [2.75, 3.05) is 6.54 Å². The minimum Gasteiger partial charge on any atom is -0.480 e. The van der Waals surface area contributed by atoms with Gasteiger partial charge in [0, 0.05) is 13.1 Å². The first-order valence-corrected chi connectivity index (χ1v) is 5.32. The Balaban J connectivity index is 2.21. The molecule has 0 saturated carbocycles. The largest absolute Gasteiger partial charge is 0.480 e. The first-order valence-electron chi connectivity index (χ1n) is 5.32. The molecule has 2 aliphatic rings.